The smallest absolute Gasteiger partial charge is 0.273 e. The number of rotatable bonds is 6. The van der Waals surface area contributed by atoms with Crippen LogP contribution in [0.1, 0.15) is 20.8 Å². The van der Waals surface area contributed by atoms with Crippen molar-refractivity contribution < 1.29 is 27.9 Å². The predicted octanol–water partition coefficient (Wildman–Crippen LogP) is 2.21. The summed E-state index contributed by atoms with van der Waals surface area (Å²) in [5.41, 5.74) is 5.34. The number of carbonyl (C=O) groups is 2. The van der Waals surface area contributed by atoms with Crippen LogP contribution in [-0.2, 0) is 0 Å². The van der Waals surface area contributed by atoms with Gasteiger partial charge in [0.1, 0.15) is 17.2 Å². The molecule has 0 radical (unpaired) electrons. The number of nitrogens with zero attached hydrogens (tertiary/aromatic N) is 3. The van der Waals surface area contributed by atoms with E-state index in [4.69, 9.17) is 10.2 Å². The quantitative estimate of drug-likeness (QED) is 0.503. The Kier molecular flexibility index (Phi) is 6.57. The number of anilines is 2. The summed E-state index contributed by atoms with van der Waals surface area (Å²) >= 11 is 0. The third kappa shape index (κ3) is 4.61. The Morgan fingerprint density at radius 3 is 2.47 bits per heavy atom. The zero-order chi connectivity index (χ0) is 24.4. The van der Waals surface area contributed by atoms with Crippen LogP contribution >= 0.6 is 0 Å². The fraction of sp³-hybridized carbons (Fsp3) is 0.261. The number of amides is 2. The van der Waals surface area contributed by atoms with E-state index in [2.05, 4.69) is 10.3 Å². The summed E-state index contributed by atoms with van der Waals surface area (Å²) in [4.78, 5) is 32.3. The first kappa shape index (κ1) is 23.3. The second kappa shape index (κ2) is 9.57. The third-order valence-electron chi connectivity index (χ3n) is 5.58. The topological polar surface area (TPSA) is 125 Å². The molecule has 0 bridgehead atoms. The zero-order valence-corrected chi connectivity index (χ0v) is 18.3. The van der Waals surface area contributed by atoms with Crippen molar-refractivity contribution in [1.82, 2.24) is 14.8 Å². The Bertz CT molecular complexity index is 1190. The van der Waals surface area contributed by atoms with Gasteiger partial charge < -0.3 is 30.4 Å². The highest BCUT2D eigenvalue weighted by Crippen LogP contribution is 2.31. The molecule has 11 heteroatoms. The van der Waals surface area contributed by atoms with Gasteiger partial charge in [0.05, 0.1) is 12.6 Å². The summed E-state index contributed by atoms with van der Waals surface area (Å²) in [5.74, 6) is -3.61. The number of aromatic nitrogens is 1. The third-order valence-corrected chi connectivity index (χ3v) is 5.58. The number of halogens is 2. The minimum atomic E-state index is -0.953. The van der Waals surface area contributed by atoms with Crippen LogP contribution in [0, 0.1) is 11.6 Å². The molecule has 34 heavy (non-hydrogen) atoms. The van der Waals surface area contributed by atoms with E-state index >= 15 is 0 Å². The molecule has 9 nitrogen and oxygen atoms in total. The molecule has 1 aromatic heterocycles. The van der Waals surface area contributed by atoms with E-state index in [1.54, 1.807) is 29.2 Å². The van der Waals surface area contributed by atoms with Crippen molar-refractivity contribution in [2.75, 3.05) is 38.6 Å². The second-order valence-corrected chi connectivity index (χ2v) is 7.96. The van der Waals surface area contributed by atoms with Crippen molar-refractivity contribution in [3.63, 3.8) is 0 Å². The lowest BCUT2D eigenvalue weighted by atomic mass is 10.1. The van der Waals surface area contributed by atoms with Gasteiger partial charge in [-0.15, -0.1) is 0 Å². The van der Waals surface area contributed by atoms with E-state index in [1.807, 2.05) is 11.9 Å². The Balaban J connectivity index is 1.56. The number of hydrogen-bond acceptors (Lipinski definition) is 7. The van der Waals surface area contributed by atoms with E-state index in [0.29, 0.717) is 30.9 Å². The molecule has 0 saturated carbocycles. The lowest BCUT2D eigenvalue weighted by Gasteiger charge is -2.39. The minimum absolute atomic E-state index is 0.137. The SMILES string of the molecule is CN1CCN(C(=O)c2ccc(Nc3oc(-c4c(F)cccc4F)nc3C(N)=O)cc2)[C@H](CO)C1. The molecule has 0 spiro atoms. The second-order valence-electron chi connectivity index (χ2n) is 7.96. The molecular weight excluding hydrogens is 448 g/mol. The Labute approximate surface area is 193 Å². The monoisotopic (exact) mass is 471 g/mol. The molecular formula is C23H23F2N5O4. The first-order valence-corrected chi connectivity index (χ1v) is 10.5. The summed E-state index contributed by atoms with van der Waals surface area (Å²) in [7, 11) is 1.93. The Morgan fingerprint density at radius 1 is 1.18 bits per heavy atom. The van der Waals surface area contributed by atoms with Crippen LogP contribution in [0.2, 0.25) is 0 Å². The number of likely N-dealkylation sites (N-methyl/N-ethyl adjacent to an activating group) is 1. The normalized spacial score (nSPS) is 16.5. The minimum Gasteiger partial charge on any atom is -0.419 e. The maximum Gasteiger partial charge on any atom is 0.273 e. The Hall–Kier alpha value is -3.83. The number of nitrogens with one attached hydrogen (secondary N) is 1. The molecule has 178 valence electrons. The summed E-state index contributed by atoms with van der Waals surface area (Å²) in [6, 6.07) is 9.29. The predicted molar refractivity (Wildman–Crippen MR) is 120 cm³/mol. The number of hydrogen-bond donors (Lipinski definition) is 3. The molecule has 2 heterocycles. The van der Waals surface area contributed by atoms with Gasteiger partial charge in [0.25, 0.3) is 11.8 Å². The molecule has 4 N–H and O–H groups in total. The van der Waals surface area contributed by atoms with Gasteiger partial charge in [0.2, 0.25) is 11.8 Å². The first-order valence-electron chi connectivity index (χ1n) is 10.5. The van der Waals surface area contributed by atoms with E-state index in [9.17, 15) is 23.5 Å². The zero-order valence-electron chi connectivity index (χ0n) is 18.3. The number of oxazole rings is 1. The molecule has 0 aliphatic carbocycles. The molecule has 1 atom stereocenters. The van der Waals surface area contributed by atoms with Crippen molar-refractivity contribution in [2.45, 2.75) is 6.04 Å². The van der Waals surface area contributed by atoms with Gasteiger partial charge in [-0.1, -0.05) is 6.07 Å². The van der Waals surface area contributed by atoms with Crippen LogP contribution in [0.15, 0.2) is 46.9 Å². The maximum absolute atomic E-state index is 14.1. The lowest BCUT2D eigenvalue weighted by molar-refractivity contribution is 0.0356. The summed E-state index contributed by atoms with van der Waals surface area (Å²) < 4.78 is 33.7. The average molecular weight is 471 g/mol. The van der Waals surface area contributed by atoms with Crippen LogP contribution in [0.5, 0.6) is 0 Å². The molecule has 1 aliphatic heterocycles. The largest absolute Gasteiger partial charge is 0.419 e. The van der Waals surface area contributed by atoms with Gasteiger partial charge in [-0.25, -0.2) is 13.8 Å². The number of carbonyl (C=O) groups excluding carboxylic acids is 2. The highest BCUT2D eigenvalue weighted by atomic mass is 19.1. The Morgan fingerprint density at radius 2 is 1.85 bits per heavy atom. The van der Waals surface area contributed by atoms with E-state index in [1.165, 1.54) is 6.07 Å². The highest BCUT2D eigenvalue weighted by molar-refractivity contribution is 5.97. The molecule has 1 saturated heterocycles. The van der Waals surface area contributed by atoms with Crippen LogP contribution in [0.25, 0.3) is 11.5 Å². The van der Waals surface area contributed by atoms with Crippen molar-refractivity contribution in [3.8, 4) is 11.5 Å². The van der Waals surface area contributed by atoms with Gasteiger partial charge >= 0.3 is 0 Å². The number of aliphatic hydroxyl groups excluding tert-OH is 1. The summed E-state index contributed by atoms with van der Waals surface area (Å²) in [6.07, 6.45) is 0. The fourth-order valence-corrected chi connectivity index (χ4v) is 3.81. The van der Waals surface area contributed by atoms with Gasteiger partial charge in [-0.05, 0) is 43.4 Å². The summed E-state index contributed by atoms with van der Waals surface area (Å²) in [5, 5.41) is 12.4. The van der Waals surface area contributed by atoms with Crippen LogP contribution < -0.4 is 11.1 Å². The van der Waals surface area contributed by atoms with Gasteiger partial charge in [-0.2, -0.15) is 0 Å². The molecule has 1 fully saturated rings. The number of benzene rings is 2. The van der Waals surface area contributed by atoms with Crippen molar-refractivity contribution in [1.29, 1.82) is 0 Å². The standard InChI is InChI=1S/C23H23F2N5O4/c1-29-9-10-30(15(11-29)12-31)23(33)13-5-7-14(8-6-13)27-22-19(20(26)32)28-21(34-22)18-16(24)3-2-4-17(18)25/h2-8,15,27,31H,9-12H2,1H3,(H2,26,32)/t15-/m0/s1. The molecule has 3 aromatic rings. The van der Waals surface area contributed by atoms with Crippen molar-refractivity contribution in [2.24, 2.45) is 5.73 Å². The highest BCUT2D eigenvalue weighted by Gasteiger charge is 2.29. The molecule has 2 amide bonds. The lowest BCUT2D eigenvalue weighted by Crippen LogP contribution is -2.55. The van der Waals surface area contributed by atoms with E-state index in [0.717, 1.165) is 12.1 Å². The van der Waals surface area contributed by atoms with Crippen molar-refractivity contribution >= 4 is 23.4 Å². The molecule has 1 aliphatic rings. The number of primary amides is 1. The van der Waals surface area contributed by atoms with E-state index in [-0.39, 0.29) is 30.1 Å². The first-order chi connectivity index (χ1) is 16.3. The summed E-state index contributed by atoms with van der Waals surface area (Å²) in [6.45, 7) is 1.64. The molecule has 0 unspecified atom stereocenters. The number of nitrogens with two attached hydrogens (primary N) is 1. The fourth-order valence-electron chi connectivity index (χ4n) is 3.81. The van der Waals surface area contributed by atoms with Gasteiger partial charge in [-0.3, -0.25) is 9.59 Å². The number of piperazine rings is 1. The van der Waals surface area contributed by atoms with Crippen LogP contribution in [0.4, 0.5) is 20.4 Å². The van der Waals surface area contributed by atoms with Gasteiger partial charge in [0, 0.05) is 30.9 Å². The molecule has 2 aromatic carbocycles. The average Bonchev–Trinajstić information content (AvgIpc) is 3.22. The van der Waals surface area contributed by atoms with E-state index < -0.39 is 29.0 Å². The molecule has 4 rings (SSSR count). The van der Waals surface area contributed by atoms with Crippen molar-refractivity contribution in [3.05, 3.63) is 65.4 Å². The van der Waals surface area contributed by atoms with Crippen LogP contribution in [-0.4, -0.2) is 71.0 Å². The van der Waals surface area contributed by atoms with Crippen LogP contribution in [0.3, 0.4) is 0 Å². The number of aliphatic hydroxyl groups is 1. The van der Waals surface area contributed by atoms with Gasteiger partial charge in [0.15, 0.2) is 5.69 Å². The maximum atomic E-state index is 14.1.